The van der Waals surface area contributed by atoms with E-state index in [2.05, 4.69) is 0 Å². The zero-order valence-electron chi connectivity index (χ0n) is 11.6. The highest BCUT2D eigenvalue weighted by Gasteiger charge is 2.28. The van der Waals surface area contributed by atoms with Crippen LogP contribution in [0.25, 0.3) is 6.08 Å². The minimum atomic E-state index is -0.813. The van der Waals surface area contributed by atoms with Gasteiger partial charge in [0.1, 0.15) is 0 Å². The molecular formula is C16H19NO3. The molecule has 1 saturated heterocycles. The molecule has 0 saturated carbocycles. The highest BCUT2D eigenvalue weighted by atomic mass is 16.4. The number of amides is 1. The lowest BCUT2D eigenvalue weighted by atomic mass is 9.97. The molecule has 20 heavy (non-hydrogen) atoms. The van der Waals surface area contributed by atoms with Gasteiger partial charge in [-0.15, -0.1) is 0 Å². The van der Waals surface area contributed by atoms with Gasteiger partial charge in [-0.1, -0.05) is 30.3 Å². The third-order valence-corrected chi connectivity index (χ3v) is 3.58. The molecule has 106 valence electrons. The number of carbonyl (C=O) groups excluding carboxylic acids is 1. The van der Waals surface area contributed by atoms with E-state index in [4.69, 9.17) is 5.11 Å². The Morgan fingerprint density at radius 3 is 2.65 bits per heavy atom. The molecule has 1 aliphatic heterocycles. The summed E-state index contributed by atoms with van der Waals surface area (Å²) in [5.41, 5.74) is 1.62. The van der Waals surface area contributed by atoms with E-state index in [9.17, 15) is 9.59 Å². The van der Waals surface area contributed by atoms with Crippen LogP contribution in [0, 0.1) is 5.92 Å². The molecule has 1 heterocycles. The number of carboxylic acids is 1. The van der Waals surface area contributed by atoms with Crippen LogP contribution in [0.3, 0.4) is 0 Å². The number of hydrogen-bond acceptors (Lipinski definition) is 2. The van der Waals surface area contributed by atoms with Crippen molar-refractivity contribution in [3.8, 4) is 0 Å². The Balaban J connectivity index is 2.07. The zero-order valence-corrected chi connectivity index (χ0v) is 11.6. The van der Waals surface area contributed by atoms with E-state index in [1.807, 2.05) is 36.4 Å². The normalized spacial score (nSPS) is 19.8. The smallest absolute Gasteiger partial charge is 0.308 e. The maximum absolute atomic E-state index is 12.3. The Morgan fingerprint density at radius 2 is 2.00 bits per heavy atom. The van der Waals surface area contributed by atoms with E-state index < -0.39 is 11.9 Å². The van der Waals surface area contributed by atoms with Crippen LogP contribution >= 0.6 is 0 Å². The average Bonchev–Trinajstić information content (AvgIpc) is 2.47. The number of piperidine rings is 1. The molecule has 4 nitrogen and oxygen atoms in total. The van der Waals surface area contributed by atoms with Crippen LogP contribution in [0.4, 0.5) is 0 Å². The molecule has 0 radical (unpaired) electrons. The van der Waals surface area contributed by atoms with Crippen molar-refractivity contribution in [1.29, 1.82) is 0 Å². The van der Waals surface area contributed by atoms with Crippen LogP contribution in [0.5, 0.6) is 0 Å². The second-order valence-corrected chi connectivity index (χ2v) is 5.17. The average molecular weight is 273 g/mol. The van der Waals surface area contributed by atoms with Crippen LogP contribution in [0.15, 0.2) is 35.9 Å². The lowest BCUT2D eigenvalue weighted by molar-refractivity contribution is -0.145. The Bertz CT molecular complexity index is 522. The molecule has 0 bridgehead atoms. The zero-order chi connectivity index (χ0) is 14.5. The summed E-state index contributed by atoms with van der Waals surface area (Å²) in [5.74, 6) is -1.32. The first-order valence-electron chi connectivity index (χ1n) is 6.83. The molecule has 0 spiro atoms. The van der Waals surface area contributed by atoms with Crippen molar-refractivity contribution >= 4 is 18.0 Å². The van der Waals surface area contributed by atoms with Crippen molar-refractivity contribution in [3.05, 3.63) is 41.5 Å². The molecule has 1 amide bonds. The third-order valence-electron chi connectivity index (χ3n) is 3.58. The number of carbonyl (C=O) groups is 2. The Hall–Kier alpha value is -2.10. The fourth-order valence-corrected chi connectivity index (χ4v) is 2.47. The first-order chi connectivity index (χ1) is 9.58. The van der Waals surface area contributed by atoms with Gasteiger partial charge in [-0.25, -0.2) is 0 Å². The van der Waals surface area contributed by atoms with Crippen molar-refractivity contribution in [2.45, 2.75) is 19.8 Å². The van der Waals surface area contributed by atoms with Crippen molar-refractivity contribution in [3.63, 3.8) is 0 Å². The van der Waals surface area contributed by atoms with Crippen LogP contribution in [-0.4, -0.2) is 35.0 Å². The summed E-state index contributed by atoms with van der Waals surface area (Å²) in [6.07, 6.45) is 3.24. The third kappa shape index (κ3) is 3.47. The van der Waals surface area contributed by atoms with E-state index in [0.717, 1.165) is 12.0 Å². The van der Waals surface area contributed by atoms with Crippen molar-refractivity contribution in [2.24, 2.45) is 5.92 Å². The number of benzene rings is 1. The predicted octanol–water partition coefficient (Wildman–Crippen LogP) is 2.41. The fourth-order valence-electron chi connectivity index (χ4n) is 2.47. The summed E-state index contributed by atoms with van der Waals surface area (Å²) < 4.78 is 0. The minimum Gasteiger partial charge on any atom is -0.481 e. The van der Waals surface area contributed by atoms with E-state index in [1.165, 1.54) is 0 Å². The van der Waals surface area contributed by atoms with Gasteiger partial charge in [0, 0.05) is 18.7 Å². The van der Waals surface area contributed by atoms with Crippen molar-refractivity contribution < 1.29 is 14.7 Å². The van der Waals surface area contributed by atoms with Crippen LogP contribution in [0.2, 0.25) is 0 Å². The molecule has 1 aromatic rings. The summed E-state index contributed by atoms with van der Waals surface area (Å²) in [6.45, 7) is 2.73. The Kier molecular flexibility index (Phi) is 4.56. The number of carboxylic acid groups (broad SMARTS) is 1. The molecule has 0 aromatic heterocycles. The molecule has 1 fully saturated rings. The van der Waals surface area contributed by atoms with Gasteiger partial charge in [0.2, 0.25) is 5.91 Å². The van der Waals surface area contributed by atoms with Gasteiger partial charge in [0.15, 0.2) is 0 Å². The molecule has 4 heteroatoms. The lowest BCUT2D eigenvalue weighted by Gasteiger charge is -2.31. The van der Waals surface area contributed by atoms with Gasteiger partial charge in [-0.3, -0.25) is 9.59 Å². The molecule has 0 unspecified atom stereocenters. The summed E-state index contributed by atoms with van der Waals surface area (Å²) in [7, 11) is 0. The molecule has 0 aliphatic carbocycles. The highest BCUT2D eigenvalue weighted by molar-refractivity contribution is 5.97. The maximum Gasteiger partial charge on any atom is 0.308 e. The molecule has 1 aliphatic rings. The van der Waals surface area contributed by atoms with Crippen LogP contribution in [-0.2, 0) is 9.59 Å². The topological polar surface area (TPSA) is 57.6 Å². The van der Waals surface area contributed by atoms with E-state index >= 15 is 0 Å². The van der Waals surface area contributed by atoms with Crippen LogP contribution in [0.1, 0.15) is 25.3 Å². The van der Waals surface area contributed by atoms with Gasteiger partial charge in [0.25, 0.3) is 0 Å². The van der Waals surface area contributed by atoms with Crippen molar-refractivity contribution in [1.82, 2.24) is 4.90 Å². The van der Waals surface area contributed by atoms with E-state index in [0.29, 0.717) is 25.1 Å². The van der Waals surface area contributed by atoms with Gasteiger partial charge in [-0.05, 0) is 31.4 Å². The highest BCUT2D eigenvalue weighted by Crippen LogP contribution is 2.19. The Labute approximate surface area is 118 Å². The number of nitrogens with zero attached hydrogens (tertiary/aromatic N) is 1. The molecule has 2 rings (SSSR count). The predicted molar refractivity (Wildman–Crippen MR) is 77.0 cm³/mol. The van der Waals surface area contributed by atoms with E-state index in [1.54, 1.807) is 11.8 Å². The number of aliphatic carboxylic acids is 1. The number of likely N-dealkylation sites (tertiary alicyclic amines) is 1. The van der Waals surface area contributed by atoms with Crippen molar-refractivity contribution in [2.75, 3.05) is 13.1 Å². The molecule has 1 aromatic carbocycles. The number of hydrogen-bond donors (Lipinski definition) is 1. The summed E-state index contributed by atoms with van der Waals surface area (Å²) in [4.78, 5) is 25.0. The maximum atomic E-state index is 12.3. The number of rotatable bonds is 3. The fraction of sp³-hybridized carbons (Fsp3) is 0.375. The molecule has 1 N–H and O–H groups in total. The molecule has 1 atom stereocenters. The van der Waals surface area contributed by atoms with Crippen LogP contribution < -0.4 is 0 Å². The summed E-state index contributed by atoms with van der Waals surface area (Å²) in [5, 5.41) is 9.06. The van der Waals surface area contributed by atoms with Gasteiger partial charge in [0.05, 0.1) is 5.92 Å². The SMILES string of the molecule is C/C(=C\c1ccccc1)C(=O)N1CCC[C@@H](C(=O)O)C1. The summed E-state index contributed by atoms with van der Waals surface area (Å²) in [6, 6.07) is 9.65. The second-order valence-electron chi connectivity index (χ2n) is 5.17. The first-order valence-corrected chi connectivity index (χ1v) is 6.83. The summed E-state index contributed by atoms with van der Waals surface area (Å²) >= 11 is 0. The first kappa shape index (κ1) is 14.3. The minimum absolute atomic E-state index is 0.0696. The monoisotopic (exact) mass is 273 g/mol. The molecular weight excluding hydrogens is 254 g/mol. The second kappa shape index (κ2) is 6.37. The van der Waals surface area contributed by atoms with E-state index in [-0.39, 0.29) is 5.91 Å². The quantitative estimate of drug-likeness (QED) is 0.860. The standard InChI is InChI=1S/C16H19NO3/c1-12(10-13-6-3-2-4-7-13)15(18)17-9-5-8-14(11-17)16(19)20/h2-4,6-7,10,14H,5,8-9,11H2,1H3,(H,19,20)/b12-10+/t14-/m1/s1. The lowest BCUT2D eigenvalue weighted by Crippen LogP contribution is -2.42. The van der Waals surface area contributed by atoms with Gasteiger partial charge >= 0.3 is 5.97 Å². The largest absolute Gasteiger partial charge is 0.481 e. The van der Waals surface area contributed by atoms with Gasteiger partial charge < -0.3 is 10.0 Å². The Morgan fingerprint density at radius 1 is 1.30 bits per heavy atom. The van der Waals surface area contributed by atoms with Gasteiger partial charge in [-0.2, -0.15) is 0 Å².